The van der Waals surface area contributed by atoms with Crippen LogP contribution in [-0.4, -0.2) is 17.2 Å². The molecule has 2 aromatic rings. The molecule has 1 heterocycles. The first-order valence-corrected chi connectivity index (χ1v) is 6.64. The van der Waals surface area contributed by atoms with Gasteiger partial charge >= 0.3 is 0 Å². The van der Waals surface area contributed by atoms with E-state index in [2.05, 4.69) is 24.1 Å². The van der Waals surface area contributed by atoms with E-state index in [4.69, 9.17) is 4.74 Å². The zero-order valence-electron chi connectivity index (χ0n) is 12.0. The van der Waals surface area contributed by atoms with Crippen LogP contribution in [0.15, 0.2) is 42.7 Å². The number of phenolic OH excluding ortho intramolecular Hbond substituents is 1. The first-order chi connectivity index (χ1) is 9.61. The van der Waals surface area contributed by atoms with Crippen molar-refractivity contribution in [1.82, 2.24) is 10.3 Å². The summed E-state index contributed by atoms with van der Waals surface area (Å²) >= 11 is 0. The van der Waals surface area contributed by atoms with Gasteiger partial charge in [0, 0.05) is 24.5 Å². The van der Waals surface area contributed by atoms with Crippen LogP contribution >= 0.6 is 0 Å². The number of aromatic hydroxyl groups is 1. The molecule has 2 atom stereocenters. The van der Waals surface area contributed by atoms with Crippen LogP contribution < -0.4 is 10.1 Å². The number of ether oxygens (including phenoxy) is 1. The van der Waals surface area contributed by atoms with Gasteiger partial charge in [-0.1, -0.05) is 6.07 Å². The van der Waals surface area contributed by atoms with Crippen LogP contribution in [0.2, 0.25) is 0 Å². The molecule has 0 saturated carbocycles. The minimum absolute atomic E-state index is 0.146. The number of aromatic nitrogens is 1. The van der Waals surface area contributed by atoms with E-state index in [-0.39, 0.29) is 17.8 Å². The third kappa shape index (κ3) is 3.27. The Labute approximate surface area is 119 Å². The van der Waals surface area contributed by atoms with E-state index in [0.29, 0.717) is 5.75 Å². The Morgan fingerprint density at radius 2 is 1.70 bits per heavy atom. The van der Waals surface area contributed by atoms with Crippen molar-refractivity contribution in [3.05, 3.63) is 53.9 Å². The van der Waals surface area contributed by atoms with Gasteiger partial charge < -0.3 is 15.2 Å². The van der Waals surface area contributed by atoms with E-state index in [1.165, 1.54) is 5.56 Å². The first kappa shape index (κ1) is 14.3. The summed E-state index contributed by atoms with van der Waals surface area (Å²) in [5.41, 5.74) is 2.26. The van der Waals surface area contributed by atoms with Gasteiger partial charge in [0.1, 0.15) is 0 Å². The number of hydrogen-bond acceptors (Lipinski definition) is 4. The summed E-state index contributed by atoms with van der Waals surface area (Å²) < 4.78 is 5.14. The van der Waals surface area contributed by atoms with Crippen LogP contribution in [0.3, 0.4) is 0 Å². The molecule has 0 aliphatic rings. The number of phenols is 1. The maximum absolute atomic E-state index is 9.62. The summed E-state index contributed by atoms with van der Waals surface area (Å²) in [5, 5.41) is 13.1. The monoisotopic (exact) mass is 272 g/mol. The first-order valence-electron chi connectivity index (χ1n) is 6.64. The Morgan fingerprint density at radius 1 is 1.05 bits per heavy atom. The van der Waals surface area contributed by atoms with Crippen molar-refractivity contribution in [2.45, 2.75) is 25.9 Å². The van der Waals surface area contributed by atoms with Gasteiger partial charge in [0.05, 0.1) is 7.11 Å². The van der Waals surface area contributed by atoms with Gasteiger partial charge in [-0.25, -0.2) is 0 Å². The summed E-state index contributed by atoms with van der Waals surface area (Å²) in [6.07, 6.45) is 3.59. The molecule has 1 aromatic heterocycles. The van der Waals surface area contributed by atoms with Gasteiger partial charge in [-0.3, -0.25) is 4.98 Å². The van der Waals surface area contributed by atoms with Crippen molar-refractivity contribution < 1.29 is 9.84 Å². The van der Waals surface area contributed by atoms with Crippen molar-refractivity contribution >= 4 is 0 Å². The van der Waals surface area contributed by atoms with Crippen molar-refractivity contribution in [2.24, 2.45) is 0 Å². The van der Waals surface area contributed by atoms with E-state index in [0.717, 1.165) is 5.56 Å². The zero-order valence-corrected chi connectivity index (χ0v) is 12.0. The number of rotatable bonds is 5. The Kier molecular flexibility index (Phi) is 4.58. The maximum atomic E-state index is 9.62. The molecule has 1 aromatic carbocycles. The largest absolute Gasteiger partial charge is 0.504 e. The van der Waals surface area contributed by atoms with Crippen LogP contribution in [0.1, 0.15) is 37.1 Å². The minimum atomic E-state index is 0.146. The van der Waals surface area contributed by atoms with Crippen LogP contribution in [0.5, 0.6) is 11.5 Å². The molecule has 0 spiro atoms. The maximum Gasteiger partial charge on any atom is 0.160 e. The molecule has 0 aliphatic heterocycles. The predicted octanol–water partition coefficient (Wildman–Crippen LogP) is 3.21. The molecule has 0 radical (unpaired) electrons. The smallest absolute Gasteiger partial charge is 0.160 e. The second kappa shape index (κ2) is 6.39. The molecule has 4 heteroatoms. The number of pyridine rings is 1. The van der Waals surface area contributed by atoms with Crippen molar-refractivity contribution in [2.75, 3.05) is 7.11 Å². The highest BCUT2D eigenvalue weighted by Crippen LogP contribution is 2.29. The Hall–Kier alpha value is -2.07. The lowest BCUT2D eigenvalue weighted by atomic mass is 10.0. The molecule has 1 unspecified atom stereocenters. The lowest BCUT2D eigenvalue weighted by molar-refractivity contribution is 0.371. The molecule has 0 amide bonds. The second-order valence-electron chi connectivity index (χ2n) is 4.82. The standard InChI is InChI=1S/C16H20N2O2/c1-11(13-6-8-17-9-7-13)18-12(2)14-4-5-15(19)16(10-14)20-3/h4-12,18-19H,1-3H3/t11-,12?/m0/s1. The third-order valence-corrected chi connectivity index (χ3v) is 3.41. The predicted molar refractivity (Wildman–Crippen MR) is 78.9 cm³/mol. The molecule has 0 saturated heterocycles. The van der Waals surface area contributed by atoms with E-state index in [1.807, 2.05) is 24.3 Å². The Morgan fingerprint density at radius 3 is 2.35 bits per heavy atom. The molecule has 106 valence electrons. The van der Waals surface area contributed by atoms with Gasteiger partial charge in [-0.05, 0) is 49.2 Å². The van der Waals surface area contributed by atoms with Crippen LogP contribution in [0.25, 0.3) is 0 Å². The molecule has 2 N–H and O–H groups in total. The quantitative estimate of drug-likeness (QED) is 0.877. The van der Waals surface area contributed by atoms with E-state index in [9.17, 15) is 5.11 Å². The molecule has 2 rings (SSSR count). The fourth-order valence-electron chi connectivity index (χ4n) is 2.18. The van der Waals surface area contributed by atoms with Crippen LogP contribution in [-0.2, 0) is 0 Å². The number of benzene rings is 1. The number of nitrogens with zero attached hydrogens (tertiary/aromatic N) is 1. The molecule has 0 aliphatic carbocycles. The molecule has 0 bridgehead atoms. The average Bonchev–Trinajstić information content (AvgIpc) is 2.48. The number of methoxy groups -OCH3 is 1. The average molecular weight is 272 g/mol. The lowest BCUT2D eigenvalue weighted by Gasteiger charge is -2.21. The van der Waals surface area contributed by atoms with Gasteiger partial charge in [-0.15, -0.1) is 0 Å². The van der Waals surface area contributed by atoms with Gasteiger partial charge in [0.15, 0.2) is 11.5 Å². The summed E-state index contributed by atoms with van der Waals surface area (Å²) in [5.74, 6) is 0.651. The molecule has 4 nitrogen and oxygen atoms in total. The van der Waals surface area contributed by atoms with Gasteiger partial charge in [0.2, 0.25) is 0 Å². The van der Waals surface area contributed by atoms with Crippen molar-refractivity contribution in [3.8, 4) is 11.5 Å². The summed E-state index contributed by atoms with van der Waals surface area (Å²) in [6.45, 7) is 4.20. The van der Waals surface area contributed by atoms with Gasteiger partial charge in [-0.2, -0.15) is 0 Å². The molecular weight excluding hydrogens is 252 g/mol. The van der Waals surface area contributed by atoms with Crippen LogP contribution in [0, 0.1) is 0 Å². The molecule has 20 heavy (non-hydrogen) atoms. The second-order valence-corrected chi connectivity index (χ2v) is 4.82. The zero-order chi connectivity index (χ0) is 14.5. The normalized spacial score (nSPS) is 13.8. The topological polar surface area (TPSA) is 54.4 Å². The summed E-state index contributed by atoms with van der Waals surface area (Å²) in [7, 11) is 1.55. The minimum Gasteiger partial charge on any atom is -0.504 e. The highest BCUT2D eigenvalue weighted by atomic mass is 16.5. The number of nitrogens with one attached hydrogen (secondary N) is 1. The van der Waals surface area contributed by atoms with E-state index >= 15 is 0 Å². The SMILES string of the molecule is COc1cc(C(C)N[C@@H](C)c2ccncc2)ccc1O. The van der Waals surface area contributed by atoms with E-state index < -0.39 is 0 Å². The third-order valence-electron chi connectivity index (χ3n) is 3.41. The van der Waals surface area contributed by atoms with Crippen molar-refractivity contribution in [1.29, 1.82) is 0 Å². The fraction of sp³-hybridized carbons (Fsp3) is 0.312. The Bertz CT molecular complexity index is 558. The van der Waals surface area contributed by atoms with E-state index in [1.54, 1.807) is 25.6 Å². The van der Waals surface area contributed by atoms with Crippen molar-refractivity contribution in [3.63, 3.8) is 0 Å². The Balaban J connectivity index is 2.10. The van der Waals surface area contributed by atoms with Crippen LogP contribution in [0.4, 0.5) is 0 Å². The highest BCUT2D eigenvalue weighted by Gasteiger charge is 2.13. The molecule has 0 fully saturated rings. The number of hydrogen-bond donors (Lipinski definition) is 2. The summed E-state index contributed by atoms with van der Waals surface area (Å²) in [4.78, 5) is 4.03. The summed E-state index contributed by atoms with van der Waals surface area (Å²) in [6, 6.07) is 9.77. The highest BCUT2D eigenvalue weighted by molar-refractivity contribution is 5.42. The van der Waals surface area contributed by atoms with Gasteiger partial charge in [0.25, 0.3) is 0 Å². The molecular formula is C16H20N2O2. The fourth-order valence-corrected chi connectivity index (χ4v) is 2.18. The lowest BCUT2D eigenvalue weighted by Crippen LogP contribution is -2.22.